The summed E-state index contributed by atoms with van der Waals surface area (Å²) in [7, 11) is 0. The summed E-state index contributed by atoms with van der Waals surface area (Å²) in [6.07, 6.45) is 3.38. The van der Waals surface area contributed by atoms with E-state index in [1.807, 2.05) is 13.0 Å². The Kier molecular flexibility index (Phi) is 5.10. The Balaban J connectivity index is 2.34. The molecule has 0 spiro atoms. The highest BCUT2D eigenvalue weighted by Crippen LogP contribution is 2.03. The predicted molar refractivity (Wildman–Crippen MR) is 66.0 cm³/mol. The van der Waals surface area contributed by atoms with Crippen LogP contribution in [0.15, 0.2) is 18.5 Å². The molecule has 0 fully saturated rings. The number of aryl methyl sites for hydroxylation is 1. The summed E-state index contributed by atoms with van der Waals surface area (Å²) in [5, 5.41) is 13.8. The van der Waals surface area contributed by atoms with E-state index in [0.717, 1.165) is 11.1 Å². The molecule has 18 heavy (non-hydrogen) atoms. The number of urea groups is 1. The number of aromatic nitrogens is 1. The molecule has 0 saturated carbocycles. The quantitative estimate of drug-likeness (QED) is 0.725. The maximum atomic E-state index is 11.4. The molecule has 98 valence electrons. The molecule has 1 atom stereocenters. The number of hydrogen-bond donors (Lipinski definition) is 3. The standard InChI is InChI=1S/C12H17N3O3/c1-8-5-13-4-3-10(8)7-15-12(18)14-6-9(2)11(16)17/h3-5,9H,6-7H2,1-2H3,(H,16,17)(H2,14,15,18). The summed E-state index contributed by atoms with van der Waals surface area (Å²) in [5.74, 6) is -1.53. The molecule has 0 radical (unpaired) electrons. The highest BCUT2D eigenvalue weighted by molar-refractivity contribution is 5.75. The normalized spacial score (nSPS) is 11.7. The first-order valence-corrected chi connectivity index (χ1v) is 5.64. The number of carboxylic acid groups (broad SMARTS) is 1. The average Bonchev–Trinajstić information content (AvgIpc) is 2.34. The molecule has 6 heteroatoms. The van der Waals surface area contributed by atoms with Crippen molar-refractivity contribution in [2.75, 3.05) is 6.54 Å². The number of carbonyl (C=O) groups is 2. The zero-order chi connectivity index (χ0) is 13.5. The van der Waals surface area contributed by atoms with Crippen molar-refractivity contribution < 1.29 is 14.7 Å². The van der Waals surface area contributed by atoms with Crippen molar-refractivity contribution >= 4 is 12.0 Å². The third-order valence-electron chi connectivity index (χ3n) is 2.57. The van der Waals surface area contributed by atoms with Crippen LogP contribution in [0.3, 0.4) is 0 Å². The van der Waals surface area contributed by atoms with Gasteiger partial charge in [-0.25, -0.2) is 4.79 Å². The van der Waals surface area contributed by atoms with Gasteiger partial charge in [-0.3, -0.25) is 9.78 Å². The fourth-order valence-corrected chi connectivity index (χ4v) is 1.27. The Bertz CT molecular complexity index is 434. The van der Waals surface area contributed by atoms with Gasteiger partial charge in [-0.2, -0.15) is 0 Å². The second-order valence-electron chi connectivity index (χ2n) is 4.11. The highest BCUT2D eigenvalue weighted by Gasteiger charge is 2.11. The van der Waals surface area contributed by atoms with Gasteiger partial charge in [-0.05, 0) is 24.1 Å². The topological polar surface area (TPSA) is 91.3 Å². The number of amides is 2. The molecule has 0 aliphatic heterocycles. The molecule has 1 heterocycles. The molecule has 0 aliphatic carbocycles. The van der Waals surface area contributed by atoms with Crippen LogP contribution < -0.4 is 10.6 Å². The molecule has 1 unspecified atom stereocenters. The fraction of sp³-hybridized carbons (Fsp3) is 0.417. The van der Waals surface area contributed by atoms with Crippen molar-refractivity contribution in [1.29, 1.82) is 0 Å². The van der Waals surface area contributed by atoms with Crippen LogP contribution in [0.4, 0.5) is 4.79 Å². The maximum absolute atomic E-state index is 11.4. The molecular weight excluding hydrogens is 234 g/mol. The number of pyridine rings is 1. The number of carbonyl (C=O) groups excluding carboxylic acids is 1. The molecule has 0 aliphatic rings. The molecule has 1 aromatic heterocycles. The van der Waals surface area contributed by atoms with Gasteiger partial charge in [0.15, 0.2) is 0 Å². The number of rotatable bonds is 5. The van der Waals surface area contributed by atoms with Gasteiger partial charge in [0.25, 0.3) is 0 Å². The molecule has 1 rings (SSSR count). The molecule has 0 aromatic carbocycles. The summed E-state index contributed by atoms with van der Waals surface area (Å²) in [6, 6.07) is 1.45. The van der Waals surface area contributed by atoms with Gasteiger partial charge in [0, 0.05) is 25.5 Å². The lowest BCUT2D eigenvalue weighted by Crippen LogP contribution is -2.38. The summed E-state index contributed by atoms with van der Waals surface area (Å²) in [5.41, 5.74) is 1.98. The molecule has 0 saturated heterocycles. The van der Waals surface area contributed by atoms with Crippen LogP contribution in [0.1, 0.15) is 18.1 Å². The number of nitrogens with zero attached hydrogens (tertiary/aromatic N) is 1. The van der Waals surface area contributed by atoms with E-state index in [0.29, 0.717) is 6.54 Å². The first-order chi connectivity index (χ1) is 8.50. The van der Waals surface area contributed by atoms with Crippen LogP contribution in [-0.2, 0) is 11.3 Å². The van der Waals surface area contributed by atoms with Gasteiger partial charge in [-0.15, -0.1) is 0 Å². The average molecular weight is 251 g/mol. The van der Waals surface area contributed by atoms with E-state index in [1.165, 1.54) is 6.92 Å². The highest BCUT2D eigenvalue weighted by atomic mass is 16.4. The minimum absolute atomic E-state index is 0.108. The van der Waals surface area contributed by atoms with Crippen molar-refractivity contribution in [3.63, 3.8) is 0 Å². The van der Waals surface area contributed by atoms with Gasteiger partial charge in [0.2, 0.25) is 0 Å². The first-order valence-electron chi connectivity index (χ1n) is 5.64. The monoisotopic (exact) mass is 251 g/mol. The number of aliphatic carboxylic acids is 1. The smallest absolute Gasteiger partial charge is 0.315 e. The van der Waals surface area contributed by atoms with Crippen LogP contribution in [0.2, 0.25) is 0 Å². The maximum Gasteiger partial charge on any atom is 0.315 e. The van der Waals surface area contributed by atoms with E-state index >= 15 is 0 Å². The van der Waals surface area contributed by atoms with E-state index in [9.17, 15) is 9.59 Å². The van der Waals surface area contributed by atoms with Gasteiger partial charge in [0.05, 0.1) is 5.92 Å². The number of carboxylic acids is 1. The van der Waals surface area contributed by atoms with E-state index < -0.39 is 11.9 Å². The predicted octanol–water partition coefficient (Wildman–Crippen LogP) is 0.910. The van der Waals surface area contributed by atoms with Crippen molar-refractivity contribution in [2.24, 2.45) is 5.92 Å². The Labute approximate surface area is 105 Å². The van der Waals surface area contributed by atoms with Crippen LogP contribution in [0.25, 0.3) is 0 Å². The Morgan fingerprint density at radius 2 is 2.17 bits per heavy atom. The molecule has 6 nitrogen and oxygen atoms in total. The first kappa shape index (κ1) is 14.0. The minimum Gasteiger partial charge on any atom is -0.481 e. The fourth-order valence-electron chi connectivity index (χ4n) is 1.27. The lowest BCUT2D eigenvalue weighted by molar-refractivity contribution is -0.140. The van der Waals surface area contributed by atoms with Crippen LogP contribution in [0, 0.1) is 12.8 Å². The zero-order valence-electron chi connectivity index (χ0n) is 10.4. The zero-order valence-corrected chi connectivity index (χ0v) is 10.4. The van der Waals surface area contributed by atoms with Gasteiger partial charge < -0.3 is 15.7 Å². The lowest BCUT2D eigenvalue weighted by atomic mass is 10.1. The van der Waals surface area contributed by atoms with Crippen molar-refractivity contribution in [2.45, 2.75) is 20.4 Å². The SMILES string of the molecule is Cc1cnccc1CNC(=O)NCC(C)C(=O)O. The van der Waals surface area contributed by atoms with Crippen molar-refractivity contribution in [3.8, 4) is 0 Å². The summed E-state index contributed by atoms with van der Waals surface area (Å²) in [4.78, 5) is 25.9. The van der Waals surface area contributed by atoms with Crippen molar-refractivity contribution in [3.05, 3.63) is 29.6 Å². The molecular formula is C12H17N3O3. The molecule has 0 bridgehead atoms. The van der Waals surface area contributed by atoms with Crippen molar-refractivity contribution in [1.82, 2.24) is 15.6 Å². The molecule has 3 N–H and O–H groups in total. The molecule has 2 amide bonds. The van der Waals surface area contributed by atoms with E-state index in [2.05, 4.69) is 15.6 Å². The summed E-state index contributed by atoms with van der Waals surface area (Å²) in [6.45, 7) is 3.95. The second-order valence-corrected chi connectivity index (χ2v) is 4.11. The number of hydrogen-bond acceptors (Lipinski definition) is 3. The third kappa shape index (κ3) is 4.40. The van der Waals surface area contributed by atoms with E-state index in [-0.39, 0.29) is 12.6 Å². The van der Waals surface area contributed by atoms with E-state index in [4.69, 9.17) is 5.11 Å². The van der Waals surface area contributed by atoms with Gasteiger partial charge in [-0.1, -0.05) is 6.92 Å². The van der Waals surface area contributed by atoms with Gasteiger partial charge in [0.1, 0.15) is 0 Å². The summed E-state index contributed by atoms with van der Waals surface area (Å²) >= 11 is 0. The Morgan fingerprint density at radius 3 is 2.78 bits per heavy atom. The van der Waals surface area contributed by atoms with Crippen LogP contribution >= 0.6 is 0 Å². The minimum atomic E-state index is -0.930. The largest absolute Gasteiger partial charge is 0.481 e. The van der Waals surface area contributed by atoms with Gasteiger partial charge >= 0.3 is 12.0 Å². The Morgan fingerprint density at radius 1 is 1.44 bits per heavy atom. The summed E-state index contributed by atoms with van der Waals surface area (Å²) < 4.78 is 0. The van der Waals surface area contributed by atoms with Crippen LogP contribution in [-0.4, -0.2) is 28.6 Å². The van der Waals surface area contributed by atoms with Crippen LogP contribution in [0.5, 0.6) is 0 Å². The third-order valence-corrected chi connectivity index (χ3v) is 2.57. The van der Waals surface area contributed by atoms with E-state index in [1.54, 1.807) is 12.4 Å². The molecule has 1 aromatic rings. The number of nitrogens with one attached hydrogen (secondary N) is 2. The second kappa shape index (κ2) is 6.58. The Hall–Kier alpha value is -2.11. The lowest BCUT2D eigenvalue weighted by Gasteiger charge is -2.10.